The van der Waals surface area contributed by atoms with Crippen LogP contribution < -0.4 is 5.32 Å². The van der Waals surface area contributed by atoms with Crippen LogP contribution in [0.1, 0.15) is 26.5 Å². The summed E-state index contributed by atoms with van der Waals surface area (Å²) in [7, 11) is -3.14. The molecule has 0 saturated heterocycles. The lowest BCUT2D eigenvalue weighted by Gasteiger charge is -2.06. The number of carbonyl (C=O) groups is 2. The lowest BCUT2D eigenvalue weighted by molar-refractivity contribution is 0.0694. The van der Waals surface area contributed by atoms with Gasteiger partial charge in [0, 0.05) is 12.8 Å². The molecule has 1 aromatic heterocycles. The average molecular weight is 286 g/mol. The van der Waals surface area contributed by atoms with Crippen LogP contribution in [0.25, 0.3) is 0 Å². The van der Waals surface area contributed by atoms with E-state index in [9.17, 15) is 18.0 Å². The molecule has 104 valence electrons. The minimum absolute atomic E-state index is 0.0148. The zero-order valence-electron chi connectivity index (χ0n) is 10.5. The van der Waals surface area contributed by atoms with Crippen LogP contribution in [0.4, 0.5) is 0 Å². The maximum atomic E-state index is 11.6. The molecule has 2 N–H and O–H groups in total. The normalized spacial score (nSPS) is 11.1. The zero-order valence-corrected chi connectivity index (χ0v) is 11.3. The molecule has 0 radical (unpaired) electrons. The third-order valence-electron chi connectivity index (χ3n) is 2.31. The molecule has 0 aliphatic carbocycles. The van der Waals surface area contributed by atoms with E-state index in [-0.39, 0.29) is 29.2 Å². The molecule has 1 amide bonds. The molecule has 0 aliphatic heterocycles. The van der Waals surface area contributed by atoms with E-state index in [0.29, 0.717) is 0 Å². The quantitative estimate of drug-likeness (QED) is 0.779. The molecular weight excluding hydrogens is 272 g/mol. The number of hydrogen-bond donors (Lipinski definition) is 2. The van der Waals surface area contributed by atoms with Gasteiger partial charge in [-0.15, -0.1) is 0 Å². The Morgan fingerprint density at radius 2 is 2.00 bits per heavy atom. The van der Waals surface area contributed by atoms with E-state index in [1.54, 1.807) is 0 Å². The molecule has 0 atom stereocenters. The molecule has 1 aromatic rings. The third kappa shape index (κ3) is 4.66. The van der Waals surface area contributed by atoms with E-state index in [1.165, 1.54) is 19.1 Å². The van der Waals surface area contributed by atoms with Crippen LogP contribution in [0.2, 0.25) is 0 Å². The van der Waals surface area contributed by atoms with Gasteiger partial charge in [0.05, 0.1) is 17.0 Å². The average Bonchev–Trinajstić information content (AvgIpc) is 2.26. The minimum Gasteiger partial charge on any atom is -0.478 e. The van der Waals surface area contributed by atoms with E-state index in [2.05, 4.69) is 10.3 Å². The molecule has 0 aliphatic rings. The SMILES string of the molecule is Cc1nc(C(=O)NCCS(C)(=O)=O)ccc1C(=O)O. The number of hydrogen-bond acceptors (Lipinski definition) is 5. The number of sulfone groups is 1. The number of pyridine rings is 1. The number of carboxylic acids is 1. The van der Waals surface area contributed by atoms with Crippen molar-refractivity contribution in [2.75, 3.05) is 18.6 Å². The summed E-state index contributed by atoms with van der Waals surface area (Å²) in [6, 6.07) is 2.57. The van der Waals surface area contributed by atoms with Gasteiger partial charge in [0.1, 0.15) is 15.5 Å². The van der Waals surface area contributed by atoms with Gasteiger partial charge in [0.25, 0.3) is 5.91 Å². The number of carboxylic acid groups (broad SMARTS) is 1. The summed E-state index contributed by atoms with van der Waals surface area (Å²) in [5.74, 6) is -1.82. The van der Waals surface area contributed by atoms with Gasteiger partial charge < -0.3 is 10.4 Å². The van der Waals surface area contributed by atoms with Crippen molar-refractivity contribution in [2.45, 2.75) is 6.92 Å². The summed E-state index contributed by atoms with van der Waals surface area (Å²) < 4.78 is 21.8. The number of aryl methyl sites for hydroxylation is 1. The van der Waals surface area contributed by atoms with Crippen molar-refractivity contribution in [3.05, 3.63) is 29.1 Å². The highest BCUT2D eigenvalue weighted by atomic mass is 32.2. The number of nitrogens with one attached hydrogen (secondary N) is 1. The summed E-state index contributed by atoms with van der Waals surface area (Å²) in [5, 5.41) is 11.2. The van der Waals surface area contributed by atoms with Gasteiger partial charge in [-0.2, -0.15) is 0 Å². The first-order valence-electron chi connectivity index (χ1n) is 5.37. The lowest BCUT2D eigenvalue weighted by Crippen LogP contribution is -2.29. The predicted octanol–water partition coefficient (Wildman–Crippen LogP) is -0.137. The second-order valence-electron chi connectivity index (χ2n) is 4.02. The minimum atomic E-state index is -3.14. The number of carbonyl (C=O) groups excluding carboxylic acids is 1. The van der Waals surface area contributed by atoms with Crippen LogP contribution in [0.15, 0.2) is 12.1 Å². The smallest absolute Gasteiger partial charge is 0.337 e. The van der Waals surface area contributed by atoms with E-state index >= 15 is 0 Å². The number of aromatic nitrogens is 1. The maximum Gasteiger partial charge on any atom is 0.337 e. The highest BCUT2D eigenvalue weighted by Gasteiger charge is 2.13. The number of amides is 1. The number of nitrogens with zero attached hydrogens (tertiary/aromatic N) is 1. The first-order chi connectivity index (χ1) is 8.70. The largest absolute Gasteiger partial charge is 0.478 e. The fourth-order valence-corrected chi connectivity index (χ4v) is 1.83. The molecule has 0 spiro atoms. The van der Waals surface area contributed by atoms with Crippen LogP contribution in [0, 0.1) is 6.92 Å². The van der Waals surface area contributed by atoms with E-state index in [1.807, 2.05) is 0 Å². The Labute approximate surface area is 110 Å². The molecule has 0 fully saturated rings. The van der Waals surface area contributed by atoms with Gasteiger partial charge in [-0.05, 0) is 19.1 Å². The van der Waals surface area contributed by atoms with Crippen LogP contribution in [-0.2, 0) is 9.84 Å². The lowest BCUT2D eigenvalue weighted by atomic mass is 10.2. The first kappa shape index (κ1) is 15.1. The second-order valence-corrected chi connectivity index (χ2v) is 6.28. The van der Waals surface area contributed by atoms with Crippen molar-refractivity contribution in [1.29, 1.82) is 0 Å². The Balaban J connectivity index is 2.73. The van der Waals surface area contributed by atoms with Crippen molar-refractivity contribution in [3.8, 4) is 0 Å². The maximum absolute atomic E-state index is 11.6. The molecule has 0 unspecified atom stereocenters. The Morgan fingerprint density at radius 1 is 1.37 bits per heavy atom. The molecule has 7 nitrogen and oxygen atoms in total. The zero-order chi connectivity index (χ0) is 14.6. The van der Waals surface area contributed by atoms with E-state index in [0.717, 1.165) is 6.26 Å². The molecule has 19 heavy (non-hydrogen) atoms. The summed E-state index contributed by atoms with van der Waals surface area (Å²) in [6.07, 6.45) is 1.07. The van der Waals surface area contributed by atoms with E-state index in [4.69, 9.17) is 5.11 Å². The predicted molar refractivity (Wildman–Crippen MR) is 68.0 cm³/mol. The highest BCUT2D eigenvalue weighted by Crippen LogP contribution is 2.06. The number of rotatable bonds is 5. The Morgan fingerprint density at radius 3 is 2.47 bits per heavy atom. The first-order valence-corrected chi connectivity index (χ1v) is 7.43. The molecule has 1 rings (SSSR count). The Hall–Kier alpha value is -1.96. The molecule has 1 heterocycles. The van der Waals surface area contributed by atoms with Gasteiger partial charge in [0.15, 0.2) is 0 Å². The molecule has 0 saturated carbocycles. The number of aromatic carboxylic acids is 1. The van der Waals surface area contributed by atoms with Gasteiger partial charge >= 0.3 is 5.97 Å². The van der Waals surface area contributed by atoms with Gasteiger partial charge in [-0.3, -0.25) is 4.79 Å². The van der Waals surface area contributed by atoms with Gasteiger partial charge in [0.2, 0.25) is 0 Å². The van der Waals surface area contributed by atoms with Crippen molar-refractivity contribution in [1.82, 2.24) is 10.3 Å². The Kier molecular flexibility index (Phi) is 4.60. The monoisotopic (exact) mass is 286 g/mol. The van der Waals surface area contributed by atoms with Crippen LogP contribution >= 0.6 is 0 Å². The standard InChI is InChI=1S/C11H14N2O5S/c1-7-8(11(15)16)3-4-9(13-7)10(14)12-5-6-19(2,17)18/h3-4H,5-6H2,1-2H3,(H,12,14)(H,15,16). The topological polar surface area (TPSA) is 113 Å². The fraction of sp³-hybridized carbons (Fsp3) is 0.364. The highest BCUT2D eigenvalue weighted by molar-refractivity contribution is 7.90. The van der Waals surface area contributed by atoms with Crippen LogP contribution in [0.3, 0.4) is 0 Å². The van der Waals surface area contributed by atoms with Crippen molar-refractivity contribution in [2.24, 2.45) is 0 Å². The van der Waals surface area contributed by atoms with Crippen molar-refractivity contribution < 1.29 is 23.1 Å². The fourth-order valence-electron chi connectivity index (χ4n) is 1.35. The van der Waals surface area contributed by atoms with Crippen LogP contribution in [0.5, 0.6) is 0 Å². The Bertz CT molecular complexity index is 610. The van der Waals surface area contributed by atoms with Crippen molar-refractivity contribution >= 4 is 21.7 Å². The summed E-state index contributed by atoms with van der Waals surface area (Å²) >= 11 is 0. The van der Waals surface area contributed by atoms with Gasteiger partial charge in [-0.25, -0.2) is 18.2 Å². The molecule has 0 aromatic carbocycles. The summed E-state index contributed by atoms with van der Waals surface area (Å²) in [4.78, 5) is 26.3. The molecule has 8 heteroatoms. The third-order valence-corrected chi connectivity index (χ3v) is 3.25. The molecule has 0 bridgehead atoms. The van der Waals surface area contributed by atoms with Gasteiger partial charge in [-0.1, -0.05) is 0 Å². The second kappa shape index (κ2) is 5.79. The van der Waals surface area contributed by atoms with E-state index < -0.39 is 21.7 Å². The van der Waals surface area contributed by atoms with Crippen LogP contribution in [-0.4, -0.2) is 48.9 Å². The summed E-state index contributed by atoms with van der Waals surface area (Å²) in [6.45, 7) is 1.47. The summed E-state index contributed by atoms with van der Waals surface area (Å²) in [5.41, 5.74) is 0.298. The van der Waals surface area contributed by atoms with Crippen molar-refractivity contribution in [3.63, 3.8) is 0 Å². The molecular formula is C11H14N2O5S.